The average Bonchev–Trinajstić information content (AvgIpc) is 3.44. The summed E-state index contributed by atoms with van der Waals surface area (Å²) in [6, 6.07) is 17.6. The molecule has 3 aromatic rings. The molecule has 37 heavy (non-hydrogen) atoms. The Labute approximate surface area is 222 Å². The minimum absolute atomic E-state index is 0.0170. The Kier molecular flexibility index (Phi) is 8.34. The number of benzene rings is 2. The number of thiazole rings is 1. The van der Waals surface area contributed by atoms with E-state index in [1.54, 1.807) is 37.3 Å². The van der Waals surface area contributed by atoms with Crippen LogP contribution in [0.4, 0.5) is 5.69 Å². The number of para-hydroxylation sites is 1. The molecule has 0 saturated carbocycles. The molecule has 1 aromatic heterocycles. The number of anilines is 1. The van der Waals surface area contributed by atoms with E-state index >= 15 is 0 Å². The third-order valence-electron chi connectivity index (χ3n) is 6.69. The molecule has 0 radical (unpaired) electrons. The van der Waals surface area contributed by atoms with Crippen molar-refractivity contribution in [2.45, 2.75) is 69.0 Å². The van der Waals surface area contributed by atoms with Crippen molar-refractivity contribution >= 4 is 33.0 Å². The van der Waals surface area contributed by atoms with Gasteiger partial charge in [-0.2, -0.15) is 8.42 Å². The van der Waals surface area contributed by atoms with Gasteiger partial charge in [0.25, 0.3) is 10.0 Å². The van der Waals surface area contributed by atoms with Gasteiger partial charge in [-0.3, -0.25) is 4.31 Å². The van der Waals surface area contributed by atoms with E-state index in [9.17, 15) is 18.3 Å². The van der Waals surface area contributed by atoms with E-state index in [2.05, 4.69) is 4.98 Å². The molecule has 2 unspecified atom stereocenters. The molecule has 0 saturated heterocycles. The molecule has 7 nitrogen and oxygen atoms in total. The molecular weight excluding hydrogens is 508 g/mol. The van der Waals surface area contributed by atoms with Crippen LogP contribution in [-0.2, 0) is 26.0 Å². The maximum absolute atomic E-state index is 13.8. The molecular formula is C28H32N2O5S2. The summed E-state index contributed by atoms with van der Waals surface area (Å²) in [6.07, 6.45) is 3.02. The van der Waals surface area contributed by atoms with E-state index in [1.807, 2.05) is 37.3 Å². The largest absolute Gasteiger partial charge is 0.512 e. The number of aliphatic hydroxyl groups excluding tert-OH is 1. The number of carbonyl (C=O) groups is 1. The average molecular weight is 541 g/mol. The molecule has 9 heteroatoms. The van der Waals surface area contributed by atoms with Gasteiger partial charge in [0.2, 0.25) is 0 Å². The Bertz CT molecular complexity index is 1330. The maximum atomic E-state index is 13.8. The molecule has 2 aromatic carbocycles. The number of aryl methyl sites for hydroxylation is 1. The van der Waals surface area contributed by atoms with E-state index in [1.165, 1.54) is 26.5 Å². The highest BCUT2D eigenvalue weighted by molar-refractivity contribution is 7.92. The highest BCUT2D eigenvalue weighted by Crippen LogP contribution is 2.40. The normalized spacial score (nSPS) is 18.9. The van der Waals surface area contributed by atoms with E-state index in [0.717, 1.165) is 12.0 Å². The van der Waals surface area contributed by atoms with Crippen LogP contribution in [0, 0.1) is 0 Å². The third kappa shape index (κ3) is 5.72. The molecule has 0 spiro atoms. The second kappa shape index (κ2) is 11.5. The number of hydrogen-bond acceptors (Lipinski definition) is 7. The van der Waals surface area contributed by atoms with Crippen LogP contribution in [0.3, 0.4) is 0 Å². The van der Waals surface area contributed by atoms with Crippen molar-refractivity contribution in [1.82, 2.24) is 4.98 Å². The monoisotopic (exact) mass is 540 g/mol. The van der Waals surface area contributed by atoms with Crippen molar-refractivity contribution in [3.8, 4) is 0 Å². The smallest absolute Gasteiger partial charge is 0.340 e. The Morgan fingerprint density at radius 3 is 2.32 bits per heavy atom. The first-order chi connectivity index (χ1) is 17.8. The van der Waals surface area contributed by atoms with Gasteiger partial charge in [0.15, 0.2) is 5.03 Å². The molecule has 196 valence electrons. The van der Waals surface area contributed by atoms with Crippen LogP contribution in [0.15, 0.2) is 87.9 Å². The lowest BCUT2D eigenvalue weighted by atomic mass is 9.82. The quantitative estimate of drug-likeness (QED) is 0.298. The number of rotatable bonds is 11. The van der Waals surface area contributed by atoms with Gasteiger partial charge in [-0.1, -0.05) is 68.8 Å². The summed E-state index contributed by atoms with van der Waals surface area (Å²) >= 11 is 1.17. The molecule has 0 amide bonds. The molecule has 2 atom stereocenters. The first-order valence-electron chi connectivity index (χ1n) is 12.5. The minimum Gasteiger partial charge on any atom is -0.512 e. The topological polar surface area (TPSA) is 96.8 Å². The fraction of sp³-hybridized carbons (Fsp3) is 0.357. The molecule has 1 aliphatic rings. The molecule has 0 aliphatic carbocycles. The summed E-state index contributed by atoms with van der Waals surface area (Å²) < 4.78 is 34.8. The Morgan fingerprint density at radius 1 is 1.08 bits per heavy atom. The van der Waals surface area contributed by atoms with Crippen molar-refractivity contribution in [2.24, 2.45) is 0 Å². The summed E-state index contributed by atoms with van der Waals surface area (Å²) in [5.41, 5.74) is 2.09. The number of hydrogen-bond donors (Lipinski definition) is 1. The minimum atomic E-state index is -4.12. The molecule has 1 N–H and O–H groups in total. The zero-order valence-corrected chi connectivity index (χ0v) is 22.7. The van der Waals surface area contributed by atoms with Crippen LogP contribution >= 0.6 is 11.3 Å². The molecule has 2 heterocycles. The fourth-order valence-electron chi connectivity index (χ4n) is 4.99. The molecule has 0 bridgehead atoms. The second-order valence-electron chi connectivity index (χ2n) is 9.23. The van der Waals surface area contributed by atoms with Crippen molar-refractivity contribution in [3.05, 3.63) is 88.4 Å². The predicted octanol–water partition coefficient (Wildman–Crippen LogP) is 6.05. The first-order valence-corrected chi connectivity index (χ1v) is 14.9. The number of aliphatic hydroxyl groups is 1. The Morgan fingerprint density at radius 2 is 1.76 bits per heavy atom. The zero-order valence-electron chi connectivity index (χ0n) is 21.0. The van der Waals surface area contributed by atoms with E-state index in [4.69, 9.17) is 4.74 Å². The first kappa shape index (κ1) is 26.9. The van der Waals surface area contributed by atoms with Crippen LogP contribution in [0.2, 0.25) is 0 Å². The number of nitrogens with zero attached hydrogens (tertiary/aromatic N) is 2. The molecule has 1 aliphatic heterocycles. The van der Waals surface area contributed by atoms with Crippen LogP contribution in [0.5, 0.6) is 0 Å². The summed E-state index contributed by atoms with van der Waals surface area (Å²) in [6.45, 7) is 3.80. The van der Waals surface area contributed by atoms with Crippen molar-refractivity contribution in [1.29, 1.82) is 0 Å². The van der Waals surface area contributed by atoms with Gasteiger partial charge in [-0.25, -0.2) is 9.78 Å². The highest BCUT2D eigenvalue weighted by Gasteiger charge is 2.46. The lowest BCUT2D eigenvalue weighted by Crippen LogP contribution is -2.48. The predicted molar refractivity (Wildman–Crippen MR) is 145 cm³/mol. The number of sulfonamides is 1. The lowest BCUT2D eigenvalue weighted by molar-refractivity contribution is -0.161. The zero-order chi connectivity index (χ0) is 26.5. The summed E-state index contributed by atoms with van der Waals surface area (Å²) in [4.78, 5) is 17.6. The van der Waals surface area contributed by atoms with E-state index in [-0.39, 0.29) is 29.2 Å². The number of aromatic nitrogens is 1. The fourth-order valence-corrected chi connectivity index (χ4v) is 7.50. The van der Waals surface area contributed by atoms with Crippen molar-refractivity contribution in [3.63, 3.8) is 0 Å². The van der Waals surface area contributed by atoms with Gasteiger partial charge in [0.05, 0.1) is 22.8 Å². The highest BCUT2D eigenvalue weighted by atomic mass is 32.2. The summed E-state index contributed by atoms with van der Waals surface area (Å²) in [5.74, 6) is -0.787. The van der Waals surface area contributed by atoms with Gasteiger partial charge in [-0.15, -0.1) is 11.3 Å². The van der Waals surface area contributed by atoms with E-state index in [0.29, 0.717) is 24.9 Å². The van der Waals surface area contributed by atoms with Gasteiger partial charge in [0, 0.05) is 11.8 Å². The van der Waals surface area contributed by atoms with Crippen molar-refractivity contribution < 1.29 is 23.1 Å². The number of carbonyl (C=O) groups excluding carboxylic acids is 1. The molecule has 0 fully saturated rings. The third-order valence-corrected chi connectivity index (χ3v) is 9.16. The van der Waals surface area contributed by atoms with E-state index < -0.39 is 27.6 Å². The Hall–Kier alpha value is -3.17. The van der Waals surface area contributed by atoms with Crippen LogP contribution in [0.1, 0.15) is 51.5 Å². The lowest BCUT2D eigenvalue weighted by Gasteiger charge is -2.40. The number of ether oxygens (including phenoxy) is 1. The second-order valence-corrected chi connectivity index (χ2v) is 11.7. The van der Waals surface area contributed by atoms with Crippen LogP contribution in [-0.4, -0.2) is 36.1 Å². The van der Waals surface area contributed by atoms with Crippen molar-refractivity contribution in [2.75, 3.05) is 4.31 Å². The van der Waals surface area contributed by atoms with Gasteiger partial charge < -0.3 is 9.84 Å². The Balaban J connectivity index is 1.73. The van der Waals surface area contributed by atoms with Crippen LogP contribution < -0.4 is 4.31 Å². The van der Waals surface area contributed by atoms with Gasteiger partial charge >= 0.3 is 5.97 Å². The standard InChI is InChI=1S/C28H32N2O5S2/c1-3-16-28(17-15-21-11-7-5-8-12-21)18-24(31)26(27(32)35-28)23(4-2)30(22-13-9-6-10-14-22)37(33,34)25-19-36-20-29-25/h5-14,19-20,23,31H,3-4,15-18H2,1-2H3. The molecule has 4 rings (SSSR count). The SMILES string of the molecule is CCCC1(CCc2ccccc2)CC(O)=C(C(CC)N(c2ccccc2)S(=O)(=O)c2cscn2)C(=O)O1. The summed E-state index contributed by atoms with van der Waals surface area (Å²) in [7, 11) is -4.12. The van der Waals surface area contributed by atoms with Gasteiger partial charge in [0.1, 0.15) is 11.4 Å². The van der Waals surface area contributed by atoms with Gasteiger partial charge in [-0.05, 0) is 43.4 Å². The number of cyclic esters (lactones) is 1. The maximum Gasteiger partial charge on any atom is 0.340 e. The summed E-state index contributed by atoms with van der Waals surface area (Å²) in [5, 5.41) is 12.7. The number of esters is 1. The van der Waals surface area contributed by atoms with Crippen LogP contribution in [0.25, 0.3) is 0 Å².